The van der Waals surface area contributed by atoms with Gasteiger partial charge in [0, 0.05) is 13.0 Å². The summed E-state index contributed by atoms with van der Waals surface area (Å²) in [6.07, 6.45) is 1.35. The predicted molar refractivity (Wildman–Crippen MR) is 212 cm³/mol. The van der Waals surface area contributed by atoms with E-state index >= 15 is 0 Å². The van der Waals surface area contributed by atoms with Gasteiger partial charge in [-0.25, -0.2) is 4.79 Å². The van der Waals surface area contributed by atoms with Crippen molar-refractivity contribution in [2.75, 3.05) is 26.8 Å². The third-order valence-electron chi connectivity index (χ3n) is 6.55. The van der Waals surface area contributed by atoms with Gasteiger partial charge in [0.2, 0.25) is 0 Å². The minimum Gasteiger partial charge on any atom is -0.489 e. The van der Waals surface area contributed by atoms with E-state index in [0.717, 1.165) is 52.1 Å². The van der Waals surface area contributed by atoms with Crippen molar-refractivity contribution < 1.29 is 43.2 Å². The Kier molecular flexibility index (Phi) is 19.2. The molecule has 3 atom stereocenters. The number of hydrogen-bond acceptors (Lipinski definition) is 10. The smallest absolute Gasteiger partial charge is 0.410 e. The number of aliphatic hydroxyl groups is 1. The van der Waals surface area contributed by atoms with Crippen LogP contribution in [0.2, 0.25) is 0 Å². The summed E-state index contributed by atoms with van der Waals surface area (Å²) < 4.78 is 30.8. The number of amides is 1. The maximum Gasteiger partial charge on any atom is 0.410 e. The Morgan fingerprint density at radius 3 is 2.15 bits per heavy atom. The van der Waals surface area contributed by atoms with Gasteiger partial charge in [-0.05, 0) is 167 Å². The van der Waals surface area contributed by atoms with E-state index in [1.165, 1.54) is 7.11 Å². The van der Waals surface area contributed by atoms with Crippen LogP contribution in [0.1, 0.15) is 58.9 Å². The van der Waals surface area contributed by atoms with Crippen molar-refractivity contribution >= 4 is 109 Å². The molecular weight excluding hydrogens is 1060 g/mol. The number of esters is 1. The molecule has 0 fully saturated rings. The van der Waals surface area contributed by atoms with Gasteiger partial charge in [0.15, 0.2) is 12.0 Å². The SMILES string of the molecule is CCC(CCCCNCC(O)COc1c(I)cc(Oc2c(I)cc(CC(NC(=O)OC(C)(C)C)OC=O)cc2I)cc1I)C(=O)OC. The topological polar surface area (TPSA) is 142 Å². The summed E-state index contributed by atoms with van der Waals surface area (Å²) in [5, 5.41) is 16.3. The lowest BCUT2D eigenvalue weighted by Crippen LogP contribution is -2.41. The molecule has 0 bridgehead atoms. The maximum absolute atomic E-state index is 12.2. The van der Waals surface area contributed by atoms with E-state index in [4.69, 9.17) is 23.7 Å². The Labute approximate surface area is 331 Å². The lowest BCUT2D eigenvalue weighted by Gasteiger charge is -2.23. The predicted octanol–water partition coefficient (Wildman–Crippen LogP) is 7.16. The largest absolute Gasteiger partial charge is 0.489 e. The molecule has 15 heteroatoms. The second-order valence-corrected chi connectivity index (χ2v) is 16.2. The lowest BCUT2D eigenvalue weighted by atomic mass is 9.99. The van der Waals surface area contributed by atoms with Crippen molar-refractivity contribution in [2.45, 2.75) is 77.7 Å². The average Bonchev–Trinajstić information content (AvgIpc) is 2.97. The van der Waals surface area contributed by atoms with Crippen LogP contribution in [0.4, 0.5) is 4.79 Å². The Hall–Kier alpha value is -0.910. The number of carbonyl (C=O) groups is 3. The molecule has 0 aliphatic rings. The molecule has 47 heavy (non-hydrogen) atoms. The number of nitrogens with one attached hydrogen (secondary N) is 2. The van der Waals surface area contributed by atoms with Gasteiger partial charge in [-0.3, -0.25) is 14.9 Å². The van der Waals surface area contributed by atoms with Crippen LogP contribution in [0.25, 0.3) is 0 Å². The fraction of sp³-hybridized carbons (Fsp3) is 0.531. The molecule has 3 N–H and O–H groups in total. The highest BCUT2D eigenvalue weighted by Crippen LogP contribution is 2.37. The zero-order valence-electron chi connectivity index (χ0n) is 27.0. The van der Waals surface area contributed by atoms with E-state index in [-0.39, 0.29) is 24.9 Å². The summed E-state index contributed by atoms with van der Waals surface area (Å²) in [5.74, 6) is 1.76. The van der Waals surface area contributed by atoms with Crippen LogP contribution in [0.3, 0.4) is 0 Å². The molecule has 0 aliphatic carbocycles. The number of benzene rings is 2. The molecule has 0 heterocycles. The highest BCUT2D eigenvalue weighted by molar-refractivity contribution is 14.1. The number of ether oxygens (including phenoxy) is 5. The Bertz CT molecular complexity index is 1290. The number of alkyl carbamates (subject to hydrolysis) is 1. The normalized spacial score (nSPS) is 13.2. The number of rotatable bonds is 19. The molecule has 0 saturated heterocycles. The van der Waals surface area contributed by atoms with Crippen LogP contribution in [0, 0.1) is 20.2 Å². The molecule has 0 aromatic heterocycles. The first-order valence-corrected chi connectivity index (χ1v) is 19.3. The third-order valence-corrected chi connectivity index (χ3v) is 9.76. The van der Waals surface area contributed by atoms with E-state index in [2.05, 4.69) is 101 Å². The molecule has 3 unspecified atom stereocenters. The summed E-state index contributed by atoms with van der Waals surface area (Å²) in [6, 6.07) is 7.56. The van der Waals surface area contributed by atoms with Gasteiger partial charge in [0.25, 0.3) is 6.47 Å². The van der Waals surface area contributed by atoms with E-state index in [0.29, 0.717) is 30.3 Å². The third kappa shape index (κ3) is 15.7. The number of unbranched alkanes of at least 4 members (excludes halogenated alkanes) is 1. The summed E-state index contributed by atoms with van der Waals surface area (Å²) in [5.41, 5.74) is 0.144. The van der Waals surface area contributed by atoms with Crippen LogP contribution in [0.15, 0.2) is 24.3 Å². The summed E-state index contributed by atoms with van der Waals surface area (Å²) in [6.45, 7) is 8.81. The molecular formula is C32H42I4N2O9. The van der Waals surface area contributed by atoms with Crippen LogP contribution < -0.4 is 20.1 Å². The van der Waals surface area contributed by atoms with Crippen LogP contribution in [-0.2, 0) is 30.2 Å². The standard InChI is InChI=1S/C32H42I4N2O9/c1-6-20(30(41)43-5)9-7-8-10-37-16-21(40)17-44-28-25(35)14-22(15-26(28)36)46-29-23(33)11-19(12-24(29)34)13-27(45-18-39)38-31(42)47-32(2,3)4/h11-12,14-15,18,20-21,27,37,40H,6-10,13,16-17H2,1-5H3,(H,38,42). The van der Waals surface area contributed by atoms with Crippen molar-refractivity contribution in [1.82, 2.24) is 10.6 Å². The van der Waals surface area contributed by atoms with Gasteiger partial charge in [0.1, 0.15) is 29.8 Å². The molecule has 2 aromatic rings. The number of methoxy groups -OCH3 is 1. The molecule has 0 aliphatic heterocycles. The minimum absolute atomic E-state index is 0.0571. The van der Waals surface area contributed by atoms with Gasteiger partial charge in [-0.2, -0.15) is 0 Å². The first-order valence-electron chi connectivity index (χ1n) is 15.0. The Morgan fingerprint density at radius 2 is 1.60 bits per heavy atom. The van der Waals surface area contributed by atoms with E-state index in [9.17, 15) is 19.5 Å². The van der Waals surface area contributed by atoms with Gasteiger partial charge >= 0.3 is 12.1 Å². The van der Waals surface area contributed by atoms with Gasteiger partial charge in [-0.15, -0.1) is 0 Å². The fourth-order valence-corrected chi connectivity index (χ4v) is 8.48. The van der Waals surface area contributed by atoms with E-state index in [1.807, 2.05) is 31.2 Å². The molecule has 0 saturated carbocycles. The van der Waals surface area contributed by atoms with Crippen LogP contribution >= 0.6 is 90.4 Å². The minimum atomic E-state index is -0.899. The van der Waals surface area contributed by atoms with Crippen molar-refractivity contribution in [2.24, 2.45) is 5.92 Å². The number of halogens is 4. The molecule has 2 aromatic carbocycles. The molecule has 0 spiro atoms. The molecule has 0 radical (unpaired) electrons. The van der Waals surface area contributed by atoms with E-state index in [1.54, 1.807) is 20.8 Å². The summed E-state index contributed by atoms with van der Waals surface area (Å²) in [4.78, 5) is 35.0. The Morgan fingerprint density at radius 1 is 0.979 bits per heavy atom. The van der Waals surface area contributed by atoms with Crippen molar-refractivity contribution in [3.8, 4) is 17.2 Å². The number of aliphatic hydroxyl groups excluding tert-OH is 1. The second-order valence-electron chi connectivity index (χ2n) is 11.6. The molecule has 11 nitrogen and oxygen atoms in total. The Balaban J connectivity index is 1.93. The zero-order valence-corrected chi connectivity index (χ0v) is 35.6. The van der Waals surface area contributed by atoms with E-state index < -0.39 is 24.0 Å². The van der Waals surface area contributed by atoms with Crippen LogP contribution in [0.5, 0.6) is 17.2 Å². The van der Waals surface area contributed by atoms with Crippen molar-refractivity contribution in [1.29, 1.82) is 0 Å². The molecule has 262 valence electrons. The highest BCUT2D eigenvalue weighted by Gasteiger charge is 2.22. The monoisotopic (exact) mass is 1110 g/mol. The lowest BCUT2D eigenvalue weighted by molar-refractivity contribution is -0.145. The second kappa shape index (κ2) is 21.3. The molecule has 1 amide bonds. The van der Waals surface area contributed by atoms with Gasteiger partial charge < -0.3 is 34.1 Å². The fourth-order valence-electron chi connectivity index (χ4n) is 4.34. The summed E-state index contributed by atoms with van der Waals surface area (Å²) in [7, 11) is 1.42. The number of carbonyl (C=O) groups excluding carboxylic acids is 3. The highest BCUT2D eigenvalue weighted by atomic mass is 127. The van der Waals surface area contributed by atoms with Gasteiger partial charge in [-0.1, -0.05) is 13.3 Å². The maximum atomic E-state index is 12.2. The zero-order chi connectivity index (χ0) is 35.1. The quantitative estimate of drug-likeness (QED) is 0.0332. The molecule has 2 rings (SSSR count). The first-order chi connectivity index (χ1) is 22.2. The summed E-state index contributed by atoms with van der Waals surface area (Å²) >= 11 is 8.76. The van der Waals surface area contributed by atoms with Crippen molar-refractivity contribution in [3.05, 3.63) is 44.1 Å². The first kappa shape index (κ1) is 42.3. The average molecular weight is 1110 g/mol. The van der Waals surface area contributed by atoms with Gasteiger partial charge in [0.05, 0.1) is 27.3 Å². The number of hydrogen-bond donors (Lipinski definition) is 3. The van der Waals surface area contributed by atoms with Crippen LogP contribution in [-0.4, -0.2) is 68.4 Å². The van der Waals surface area contributed by atoms with Crippen molar-refractivity contribution in [3.63, 3.8) is 0 Å².